The maximum atomic E-state index is 14.5. The molecule has 0 spiro atoms. The van der Waals surface area contributed by atoms with E-state index in [4.69, 9.17) is 4.74 Å². The molecule has 28 heavy (non-hydrogen) atoms. The normalized spacial score (nSPS) is 19.2. The van der Waals surface area contributed by atoms with Crippen LogP contribution in [0.4, 0.5) is 8.78 Å². The molecule has 2 heterocycles. The van der Waals surface area contributed by atoms with Gasteiger partial charge in [0.05, 0.1) is 0 Å². The van der Waals surface area contributed by atoms with Crippen LogP contribution in [-0.4, -0.2) is 15.3 Å². The van der Waals surface area contributed by atoms with Crippen LogP contribution < -0.4 is 15.9 Å². The Bertz CT molecular complexity index is 1070. The Morgan fingerprint density at radius 1 is 1.18 bits per heavy atom. The quantitative estimate of drug-likeness (QED) is 0.804. The molecule has 1 aliphatic rings. The second-order valence-corrected chi connectivity index (χ2v) is 6.92. The molecule has 0 saturated heterocycles. The smallest absolute Gasteiger partial charge is 0.254 e. The third-order valence-electron chi connectivity index (χ3n) is 4.88. The van der Waals surface area contributed by atoms with Gasteiger partial charge in [0.1, 0.15) is 17.3 Å². The van der Waals surface area contributed by atoms with Crippen molar-refractivity contribution < 1.29 is 13.5 Å². The van der Waals surface area contributed by atoms with Crippen molar-refractivity contribution in [3.05, 3.63) is 74.5 Å². The average molecular weight is 388 g/mol. The molecule has 2 aromatic rings. The minimum Gasteiger partial charge on any atom is -0.458 e. The second kappa shape index (κ2) is 7.58. The van der Waals surface area contributed by atoms with E-state index in [9.17, 15) is 18.4 Å². The molecule has 0 saturated carbocycles. The highest BCUT2D eigenvalue weighted by molar-refractivity contribution is 5.69. The fourth-order valence-electron chi connectivity index (χ4n) is 3.14. The van der Waals surface area contributed by atoms with Gasteiger partial charge in [-0.2, -0.15) is 0 Å². The van der Waals surface area contributed by atoms with Gasteiger partial charge in [0, 0.05) is 54.7 Å². The molecular weight excluding hydrogens is 366 g/mol. The topological polar surface area (TPSA) is 53.2 Å². The Morgan fingerprint density at radius 3 is 2.54 bits per heavy atom. The minimum absolute atomic E-state index is 0.0645. The van der Waals surface area contributed by atoms with Crippen molar-refractivity contribution >= 4 is 0 Å². The number of hydrogen-bond donors (Lipinski definition) is 0. The highest BCUT2D eigenvalue weighted by Crippen LogP contribution is 2.34. The summed E-state index contributed by atoms with van der Waals surface area (Å²) in [7, 11) is 1.63. The summed E-state index contributed by atoms with van der Waals surface area (Å²) >= 11 is 0. The van der Waals surface area contributed by atoms with Gasteiger partial charge in [-0.3, -0.25) is 9.59 Å². The standard InChI is InChI=1S/C21H22F2N2O3/c1-5-25-11-15(14-8-12(2)21(27)24(4)10-14)18(9-19(25)26)28-17-7-6-16(22)13(3)20(17)23/h6-11,13,20H,5H2,1-4H3. The Balaban J connectivity index is 2.15. The van der Waals surface area contributed by atoms with Crippen LogP contribution in [0.25, 0.3) is 11.1 Å². The SMILES string of the molecule is CCn1cc(-c2cc(C)c(=O)n(C)c2)c(OC2=CC=C(F)C(C)C2F)cc1=O. The zero-order valence-electron chi connectivity index (χ0n) is 16.2. The Hall–Kier alpha value is -2.96. The number of aryl methyl sites for hydroxylation is 3. The summed E-state index contributed by atoms with van der Waals surface area (Å²) in [6, 6.07) is 2.98. The number of rotatable bonds is 4. The van der Waals surface area contributed by atoms with E-state index < -0.39 is 17.9 Å². The van der Waals surface area contributed by atoms with E-state index in [1.807, 2.05) is 6.92 Å². The van der Waals surface area contributed by atoms with Crippen molar-refractivity contribution in [2.75, 3.05) is 0 Å². The lowest BCUT2D eigenvalue weighted by molar-refractivity contribution is 0.209. The van der Waals surface area contributed by atoms with E-state index in [1.165, 1.54) is 34.3 Å². The highest BCUT2D eigenvalue weighted by atomic mass is 19.1. The van der Waals surface area contributed by atoms with E-state index >= 15 is 0 Å². The van der Waals surface area contributed by atoms with Crippen molar-refractivity contribution in [1.82, 2.24) is 9.13 Å². The summed E-state index contributed by atoms with van der Waals surface area (Å²) in [5.41, 5.74) is 1.28. The van der Waals surface area contributed by atoms with Crippen LogP contribution in [0.1, 0.15) is 19.4 Å². The lowest BCUT2D eigenvalue weighted by Crippen LogP contribution is -2.24. The molecular formula is C21H22F2N2O3. The summed E-state index contributed by atoms with van der Waals surface area (Å²) in [5.74, 6) is -1.43. The molecule has 2 aromatic heterocycles. The van der Waals surface area contributed by atoms with Crippen LogP contribution >= 0.6 is 0 Å². The first kappa shape index (κ1) is 19.8. The molecule has 2 unspecified atom stereocenters. The first-order chi connectivity index (χ1) is 13.2. The maximum absolute atomic E-state index is 14.5. The monoisotopic (exact) mass is 388 g/mol. The van der Waals surface area contributed by atoms with Crippen molar-refractivity contribution in [3.63, 3.8) is 0 Å². The minimum atomic E-state index is -1.66. The molecule has 0 radical (unpaired) electrons. The number of allylic oxidation sites excluding steroid dienone is 4. The summed E-state index contributed by atoms with van der Waals surface area (Å²) in [6.45, 7) is 5.39. The Labute approximate surface area is 161 Å². The largest absolute Gasteiger partial charge is 0.458 e. The van der Waals surface area contributed by atoms with Gasteiger partial charge in [-0.25, -0.2) is 8.78 Å². The highest BCUT2D eigenvalue weighted by Gasteiger charge is 2.30. The number of alkyl halides is 1. The molecule has 0 aliphatic heterocycles. The Kier molecular flexibility index (Phi) is 5.36. The summed E-state index contributed by atoms with van der Waals surface area (Å²) in [5, 5.41) is 0. The van der Waals surface area contributed by atoms with Gasteiger partial charge in [-0.05, 0) is 32.1 Å². The number of halogens is 2. The van der Waals surface area contributed by atoms with Crippen LogP contribution in [0.2, 0.25) is 0 Å². The average Bonchev–Trinajstić information content (AvgIpc) is 2.66. The molecule has 0 amide bonds. The zero-order valence-corrected chi connectivity index (χ0v) is 16.2. The van der Waals surface area contributed by atoms with Crippen molar-refractivity contribution in [2.45, 2.75) is 33.5 Å². The van der Waals surface area contributed by atoms with Crippen molar-refractivity contribution in [1.29, 1.82) is 0 Å². The molecule has 1 aliphatic carbocycles. The predicted molar refractivity (Wildman–Crippen MR) is 104 cm³/mol. The summed E-state index contributed by atoms with van der Waals surface area (Å²) in [6.07, 6.45) is 3.99. The number of pyridine rings is 2. The molecule has 3 rings (SSSR count). The first-order valence-corrected chi connectivity index (χ1v) is 9.04. The molecule has 2 atom stereocenters. The van der Waals surface area contributed by atoms with E-state index in [0.29, 0.717) is 23.2 Å². The van der Waals surface area contributed by atoms with Gasteiger partial charge >= 0.3 is 0 Å². The third-order valence-corrected chi connectivity index (χ3v) is 4.88. The molecule has 7 heteroatoms. The molecule has 0 N–H and O–H groups in total. The number of nitrogens with zero attached hydrogens (tertiary/aromatic N) is 2. The molecule has 5 nitrogen and oxygen atoms in total. The molecule has 0 fully saturated rings. The van der Waals surface area contributed by atoms with Gasteiger partial charge < -0.3 is 13.9 Å². The van der Waals surface area contributed by atoms with Gasteiger partial charge in [-0.1, -0.05) is 6.92 Å². The number of ether oxygens (including phenoxy) is 1. The maximum Gasteiger partial charge on any atom is 0.254 e. The second-order valence-electron chi connectivity index (χ2n) is 6.92. The molecule has 148 valence electrons. The van der Waals surface area contributed by atoms with Crippen LogP contribution in [0.3, 0.4) is 0 Å². The van der Waals surface area contributed by atoms with Gasteiger partial charge in [0.25, 0.3) is 11.1 Å². The van der Waals surface area contributed by atoms with Crippen molar-refractivity contribution in [2.24, 2.45) is 13.0 Å². The first-order valence-electron chi connectivity index (χ1n) is 9.04. The Morgan fingerprint density at radius 2 is 1.89 bits per heavy atom. The lowest BCUT2D eigenvalue weighted by Gasteiger charge is -2.23. The third kappa shape index (κ3) is 3.56. The van der Waals surface area contributed by atoms with Crippen LogP contribution in [0, 0.1) is 12.8 Å². The fourth-order valence-corrected chi connectivity index (χ4v) is 3.14. The van der Waals surface area contributed by atoms with E-state index in [2.05, 4.69) is 0 Å². The van der Waals surface area contributed by atoms with E-state index in [0.717, 1.165) is 0 Å². The van der Waals surface area contributed by atoms with Crippen molar-refractivity contribution in [3.8, 4) is 16.9 Å². The summed E-state index contributed by atoms with van der Waals surface area (Å²) < 4.78 is 36.8. The number of hydrogen-bond acceptors (Lipinski definition) is 3. The number of aromatic nitrogens is 2. The lowest BCUT2D eigenvalue weighted by atomic mass is 9.98. The predicted octanol–water partition coefficient (Wildman–Crippen LogP) is 3.65. The van der Waals surface area contributed by atoms with Gasteiger partial charge in [-0.15, -0.1) is 0 Å². The van der Waals surface area contributed by atoms with Gasteiger partial charge in [0.2, 0.25) is 0 Å². The van der Waals surface area contributed by atoms with Crippen LogP contribution in [0.5, 0.6) is 5.75 Å². The van der Waals surface area contributed by atoms with E-state index in [-0.39, 0.29) is 22.6 Å². The van der Waals surface area contributed by atoms with Crippen LogP contribution in [0.15, 0.2) is 57.9 Å². The fraction of sp³-hybridized carbons (Fsp3) is 0.333. The summed E-state index contributed by atoms with van der Waals surface area (Å²) in [4.78, 5) is 24.3. The van der Waals surface area contributed by atoms with E-state index in [1.54, 1.807) is 32.4 Å². The molecule has 0 aromatic carbocycles. The zero-order chi connectivity index (χ0) is 20.6. The van der Waals surface area contributed by atoms with Gasteiger partial charge in [0.15, 0.2) is 6.17 Å². The molecule has 0 bridgehead atoms. The van der Waals surface area contributed by atoms with Crippen LogP contribution in [-0.2, 0) is 13.6 Å².